The topological polar surface area (TPSA) is 74.5 Å². The molecule has 0 saturated carbocycles. The van der Waals surface area contributed by atoms with Crippen molar-refractivity contribution in [2.45, 2.75) is 12.1 Å². The molecule has 156 valence electrons. The van der Waals surface area contributed by atoms with Gasteiger partial charge in [-0.1, -0.05) is 84.9 Å². The van der Waals surface area contributed by atoms with Crippen LogP contribution in [0.5, 0.6) is 0 Å². The monoisotopic (exact) mass is 412 g/mol. The molecule has 1 atom stereocenters. The van der Waals surface area contributed by atoms with Crippen LogP contribution in [-0.4, -0.2) is 17.7 Å². The maximum absolute atomic E-state index is 12.6. The van der Waals surface area contributed by atoms with Gasteiger partial charge in [-0.25, -0.2) is 4.79 Å². The molecule has 0 fully saturated rings. The van der Waals surface area contributed by atoms with Crippen molar-refractivity contribution in [1.29, 1.82) is 0 Å². The summed E-state index contributed by atoms with van der Waals surface area (Å²) in [6, 6.07) is 30.1. The number of rotatable bonds is 7. The van der Waals surface area contributed by atoms with Crippen molar-refractivity contribution >= 4 is 6.03 Å². The van der Waals surface area contributed by atoms with Crippen molar-refractivity contribution in [1.82, 2.24) is 10.6 Å². The Morgan fingerprint density at radius 1 is 0.774 bits per heavy atom. The Hall–Kier alpha value is -3.83. The number of aliphatic hydroxyl groups is 1. The second kappa shape index (κ2) is 9.78. The molecule has 3 aromatic carbocycles. The number of furan rings is 1. The maximum atomic E-state index is 12.6. The van der Waals surface area contributed by atoms with Crippen LogP contribution in [0.4, 0.5) is 4.79 Å². The Morgan fingerprint density at radius 2 is 1.39 bits per heavy atom. The van der Waals surface area contributed by atoms with Gasteiger partial charge in [-0.15, -0.1) is 0 Å². The Morgan fingerprint density at radius 3 is 1.94 bits per heavy atom. The number of hydrogen-bond donors (Lipinski definition) is 3. The molecule has 0 radical (unpaired) electrons. The predicted molar refractivity (Wildman–Crippen MR) is 120 cm³/mol. The molecule has 4 rings (SSSR count). The summed E-state index contributed by atoms with van der Waals surface area (Å²) in [7, 11) is 0. The van der Waals surface area contributed by atoms with E-state index in [1.807, 2.05) is 97.1 Å². The number of amides is 2. The number of hydrogen-bond acceptors (Lipinski definition) is 3. The average molecular weight is 412 g/mol. The fourth-order valence-corrected chi connectivity index (χ4v) is 3.45. The lowest BCUT2D eigenvalue weighted by atomic mass is 9.99. The standard InChI is InChI=1S/C26H24N2O3/c29-23(19-13-15-20(16-14-19)24-12-7-17-31-24)18-27-26(30)28-25(21-8-3-1-4-9-21)22-10-5-2-6-11-22/h1-17,23,25,29H,18H2,(H2,27,28,30). The van der Waals surface area contributed by atoms with Gasteiger partial charge in [0.25, 0.3) is 0 Å². The van der Waals surface area contributed by atoms with E-state index in [-0.39, 0.29) is 18.6 Å². The number of benzene rings is 3. The van der Waals surface area contributed by atoms with Crippen LogP contribution in [0.15, 0.2) is 108 Å². The number of carbonyl (C=O) groups is 1. The molecule has 1 aromatic heterocycles. The van der Waals surface area contributed by atoms with Crippen molar-refractivity contribution < 1.29 is 14.3 Å². The summed E-state index contributed by atoms with van der Waals surface area (Å²) in [4.78, 5) is 12.6. The molecule has 0 bridgehead atoms. The molecule has 0 saturated heterocycles. The van der Waals surface area contributed by atoms with Crippen molar-refractivity contribution in [2.75, 3.05) is 6.54 Å². The van der Waals surface area contributed by atoms with Gasteiger partial charge in [0.05, 0.1) is 18.4 Å². The lowest BCUT2D eigenvalue weighted by Gasteiger charge is -2.21. The Bertz CT molecular complexity index is 1040. The first-order valence-corrected chi connectivity index (χ1v) is 10.2. The van der Waals surface area contributed by atoms with Gasteiger partial charge >= 0.3 is 6.03 Å². The predicted octanol–water partition coefficient (Wildman–Crippen LogP) is 5.07. The third-order valence-electron chi connectivity index (χ3n) is 5.10. The number of carbonyl (C=O) groups excluding carboxylic acids is 1. The first-order chi connectivity index (χ1) is 15.2. The highest BCUT2D eigenvalue weighted by molar-refractivity contribution is 5.75. The highest BCUT2D eigenvalue weighted by atomic mass is 16.3. The molecule has 1 heterocycles. The lowest BCUT2D eigenvalue weighted by Crippen LogP contribution is -2.40. The zero-order chi connectivity index (χ0) is 21.5. The van der Waals surface area contributed by atoms with E-state index in [1.165, 1.54) is 0 Å². The molecule has 0 spiro atoms. The normalized spacial score (nSPS) is 11.8. The van der Waals surface area contributed by atoms with Crippen molar-refractivity contribution in [3.05, 3.63) is 120 Å². The molecule has 4 aromatic rings. The van der Waals surface area contributed by atoms with E-state index < -0.39 is 6.10 Å². The summed E-state index contributed by atoms with van der Waals surface area (Å²) in [6.07, 6.45) is 0.807. The van der Waals surface area contributed by atoms with Crippen molar-refractivity contribution in [2.24, 2.45) is 0 Å². The summed E-state index contributed by atoms with van der Waals surface area (Å²) in [5, 5.41) is 16.3. The molecule has 2 amide bonds. The molecule has 31 heavy (non-hydrogen) atoms. The Labute approximate surface area is 181 Å². The maximum Gasteiger partial charge on any atom is 0.315 e. The molecule has 0 aliphatic carbocycles. The van der Waals surface area contributed by atoms with E-state index in [4.69, 9.17) is 4.42 Å². The molecule has 0 aliphatic rings. The zero-order valence-corrected chi connectivity index (χ0v) is 16.9. The molecule has 5 nitrogen and oxygen atoms in total. The van der Waals surface area contributed by atoms with Crippen LogP contribution < -0.4 is 10.6 Å². The van der Waals surface area contributed by atoms with Gasteiger partial charge in [-0.3, -0.25) is 0 Å². The largest absolute Gasteiger partial charge is 0.464 e. The quantitative estimate of drug-likeness (QED) is 0.397. The van der Waals surface area contributed by atoms with Gasteiger partial charge < -0.3 is 20.2 Å². The van der Waals surface area contributed by atoms with E-state index in [1.54, 1.807) is 6.26 Å². The second-order valence-electron chi connectivity index (χ2n) is 7.22. The summed E-state index contributed by atoms with van der Waals surface area (Å²) in [6.45, 7) is 0.0994. The highest BCUT2D eigenvalue weighted by Gasteiger charge is 2.17. The first-order valence-electron chi connectivity index (χ1n) is 10.2. The SMILES string of the molecule is O=C(NCC(O)c1ccc(-c2ccco2)cc1)NC(c1ccccc1)c1ccccc1. The molecular weight excluding hydrogens is 388 g/mol. The minimum Gasteiger partial charge on any atom is -0.464 e. The lowest BCUT2D eigenvalue weighted by molar-refractivity contribution is 0.173. The fraction of sp³-hybridized carbons (Fsp3) is 0.115. The second-order valence-corrected chi connectivity index (χ2v) is 7.22. The number of nitrogens with one attached hydrogen (secondary N) is 2. The van der Waals surface area contributed by atoms with Crippen molar-refractivity contribution in [3.63, 3.8) is 0 Å². The van der Waals surface area contributed by atoms with E-state index in [9.17, 15) is 9.90 Å². The van der Waals surface area contributed by atoms with Gasteiger partial charge in [0.1, 0.15) is 5.76 Å². The van der Waals surface area contributed by atoms with Crippen LogP contribution in [0.3, 0.4) is 0 Å². The van der Waals surface area contributed by atoms with Crippen LogP contribution >= 0.6 is 0 Å². The first kappa shape index (κ1) is 20.4. The third-order valence-corrected chi connectivity index (χ3v) is 5.10. The van der Waals surface area contributed by atoms with Crippen LogP contribution in [-0.2, 0) is 0 Å². The molecule has 5 heteroatoms. The van der Waals surface area contributed by atoms with Crippen LogP contribution in [0.1, 0.15) is 28.8 Å². The zero-order valence-electron chi connectivity index (χ0n) is 16.9. The highest BCUT2D eigenvalue weighted by Crippen LogP contribution is 2.23. The van der Waals surface area contributed by atoms with Gasteiger partial charge in [0.15, 0.2) is 0 Å². The van der Waals surface area contributed by atoms with E-state index in [2.05, 4.69) is 10.6 Å². The fourth-order valence-electron chi connectivity index (χ4n) is 3.45. The van der Waals surface area contributed by atoms with Crippen molar-refractivity contribution in [3.8, 4) is 11.3 Å². The van der Waals surface area contributed by atoms with Crippen LogP contribution in [0.25, 0.3) is 11.3 Å². The average Bonchev–Trinajstić information content (AvgIpc) is 3.37. The van der Waals surface area contributed by atoms with Gasteiger partial charge in [0, 0.05) is 12.1 Å². The van der Waals surface area contributed by atoms with Crippen LogP contribution in [0.2, 0.25) is 0 Å². The summed E-state index contributed by atoms with van der Waals surface area (Å²) < 4.78 is 5.38. The summed E-state index contributed by atoms with van der Waals surface area (Å²) in [5.74, 6) is 0.770. The van der Waals surface area contributed by atoms with Crippen LogP contribution in [0, 0.1) is 0 Å². The smallest absolute Gasteiger partial charge is 0.315 e. The molecule has 0 aliphatic heterocycles. The minimum atomic E-state index is -0.816. The summed E-state index contributed by atoms with van der Waals surface area (Å²) in [5.41, 5.74) is 3.62. The number of urea groups is 1. The minimum absolute atomic E-state index is 0.0994. The van der Waals surface area contributed by atoms with Gasteiger partial charge in [-0.05, 0) is 28.8 Å². The number of aliphatic hydroxyl groups excluding tert-OH is 1. The Balaban J connectivity index is 1.38. The molecular formula is C26H24N2O3. The summed E-state index contributed by atoms with van der Waals surface area (Å²) >= 11 is 0. The molecule has 1 unspecified atom stereocenters. The molecule has 3 N–H and O–H groups in total. The van der Waals surface area contributed by atoms with E-state index in [0.717, 1.165) is 28.0 Å². The third kappa shape index (κ3) is 5.21. The van der Waals surface area contributed by atoms with E-state index in [0.29, 0.717) is 0 Å². The van der Waals surface area contributed by atoms with Gasteiger partial charge in [0.2, 0.25) is 0 Å². The van der Waals surface area contributed by atoms with Gasteiger partial charge in [-0.2, -0.15) is 0 Å². The van der Waals surface area contributed by atoms with E-state index >= 15 is 0 Å². The Kier molecular flexibility index (Phi) is 6.45.